The van der Waals surface area contributed by atoms with E-state index in [-0.39, 0.29) is 0 Å². The highest BCUT2D eigenvalue weighted by atomic mass is 32.1. The fraction of sp³-hybridized carbons (Fsp3) is 0.500. The Bertz CT molecular complexity index is 180. The average Bonchev–Trinajstić information content (AvgIpc) is 2.52. The van der Waals surface area contributed by atoms with Gasteiger partial charge in [0.05, 0.1) is 0 Å². The summed E-state index contributed by atoms with van der Waals surface area (Å²) in [6.45, 7) is 0.738. The van der Waals surface area contributed by atoms with Crippen LogP contribution in [0, 0.1) is 5.92 Å². The van der Waals surface area contributed by atoms with Crippen LogP contribution in [0.5, 0.6) is 0 Å². The zero-order valence-electron chi connectivity index (χ0n) is 6.36. The summed E-state index contributed by atoms with van der Waals surface area (Å²) in [5, 5.41) is 2.10. The van der Waals surface area contributed by atoms with E-state index in [2.05, 4.69) is 30.1 Å². The monoisotopic (exact) mass is 187 g/mol. The second-order valence-corrected chi connectivity index (χ2v) is 3.97. The molecule has 0 aliphatic heterocycles. The van der Waals surface area contributed by atoms with E-state index >= 15 is 0 Å². The van der Waals surface area contributed by atoms with Crippen LogP contribution < -0.4 is 5.73 Å². The van der Waals surface area contributed by atoms with Crippen molar-refractivity contribution in [2.75, 3.05) is 12.3 Å². The van der Waals surface area contributed by atoms with E-state index in [1.165, 1.54) is 4.88 Å². The molecule has 62 valence electrons. The summed E-state index contributed by atoms with van der Waals surface area (Å²) in [5.74, 6) is 1.42. The Hall–Kier alpha value is 0.01000. The Morgan fingerprint density at radius 3 is 2.91 bits per heavy atom. The van der Waals surface area contributed by atoms with Crippen LogP contribution in [0.4, 0.5) is 0 Å². The summed E-state index contributed by atoms with van der Waals surface area (Å²) < 4.78 is 0. The Kier molecular flexibility index (Phi) is 3.97. The Morgan fingerprint density at radius 1 is 1.64 bits per heavy atom. The molecule has 1 unspecified atom stereocenters. The van der Waals surface area contributed by atoms with Crippen LogP contribution in [0.15, 0.2) is 17.5 Å². The third-order valence-corrected chi connectivity index (χ3v) is 3.08. The molecule has 1 atom stereocenters. The maximum atomic E-state index is 5.56. The lowest BCUT2D eigenvalue weighted by Gasteiger charge is -2.08. The van der Waals surface area contributed by atoms with Crippen molar-refractivity contribution in [3.63, 3.8) is 0 Å². The fourth-order valence-corrected chi connectivity index (χ4v) is 2.03. The normalized spacial score (nSPS) is 13.3. The smallest absolute Gasteiger partial charge is 0.00487 e. The number of nitrogens with two attached hydrogens (primary N) is 1. The maximum Gasteiger partial charge on any atom is 0.00487 e. The van der Waals surface area contributed by atoms with E-state index in [9.17, 15) is 0 Å². The van der Waals surface area contributed by atoms with Crippen LogP contribution in [0.3, 0.4) is 0 Å². The van der Waals surface area contributed by atoms with Crippen LogP contribution in [-0.2, 0) is 6.42 Å². The van der Waals surface area contributed by atoms with Crippen LogP contribution in [-0.4, -0.2) is 12.3 Å². The molecule has 2 N–H and O–H groups in total. The van der Waals surface area contributed by atoms with Crippen molar-refractivity contribution in [2.24, 2.45) is 11.7 Å². The Labute approximate surface area is 77.0 Å². The molecule has 1 heterocycles. The minimum Gasteiger partial charge on any atom is -0.330 e. The van der Waals surface area contributed by atoms with Gasteiger partial charge < -0.3 is 5.73 Å². The van der Waals surface area contributed by atoms with Gasteiger partial charge in [0.15, 0.2) is 0 Å². The molecular formula is C8H13NS2. The molecule has 0 spiro atoms. The Morgan fingerprint density at radius 2 is 2.45 bits per heavy atom. The zero-order valence-corrected chi connectivity index (χ0v) is 8.07. The molecule has 0 fully saturated rings. The number of hydrogen-bond donors (Lipinski definition) is 2. The molecule has 1 aromatic heterocycles. The van der Waals surface area contributed by atoms with Gasteiger partial charge in [-0.15, -0.1) is 11.3 Å². The SMILES string of the molecule is NCC(CS)Cc1cccs1. The Balaban J connectivity index is 2.41. The third-order valence-electron chi connectivity index (χ3n) is 1.66. The molecule has 0 aromatic carbocycles. The summed E-state index contributed by atoms with van der Waals surface area (Å²) in [7, 11) is 0. The van der Waals surface area contributed by atoms with Crippen LogP contribution >= 0.6 is 24.0 Å². The molecule has 0 saturated heterocycles. The van der Waals surface area contributed by atoms with Gasteiger partial charge in [-0.1, -0.05) is 6.07 Å². The molecule has 0 saturated carbocycles. The number of rotatable bonds is 4. The second kappa shape index (κ2) is 4.80. The van der Waals surface area contributed by atoms with E-state index in [0.717, 1.165) is 18.7 Å². The largest absolute Gasteiger partial charge is 0.330 e. The number of thiol groups is 1. The van der Waals surface area contributed by atoms with Gasteiger partial charge in [-0.05, 0) is 36.1 Å². The molecule has 1 aromatic rings. The fourth-order valence-electron chi connectivity index (χ4n) is 0.936. The van der Waals surface area contributed by atoms with Gasteiger partial charge in [-0.25, -0.2) is 0 Å². The van der Waals surface area contributed by atoms with Crippen molar-refractivity contribution >= 4 is 24.0 Å². The number of hydrogen-bond acceptors (Lipinski definition) is 3. The van der Waals surface area contributed by atoms with E-state index in [1.54, 1.807) is 11.3 Å². The highest BCUT2D eigenvalue weighted by molar-refractivity contribution is 7.80. The second-order valence-electron chi connectivity index (χ2n) is 2.57. The zero-order chi connectivity index (χ0) is 8.10. The van der Waals surface area contributed by atoms with Crippen molar-refractivity contribution < 1.29 is 0 Å². The molecule has 0 radical (unpaired) electrons. The van der Waals surface area contributed by atoms with Gasteiger partial charge in [-0.3, -0.25) is 0 Å². The molecular weight excluding hydrogens is 174 g/mol. The first-order valence-electron chi connectivity index (χ1n) is 3.70. The standard InChI is InChI=1S/C8H13NS2/c9-5-7(6-10)4-8-2-1-3-11-8/h1-3,7,10H,4-6,9H2. The van der Waals surface area contributed by atoms with E-state index < -0.39 is 0 Å². The van der Waals surface area contributed by atoms with E-state index in [1.807, 2.05) is 0 Å². The van der Waals surface area contributed by atoms with Crippen molar-refractivity contribution in [1.29, 1.82) is 0 Å². The lowest BCUT2D eigenvalue weighted by atomic mass is 10.1. The summed E-state index contributed by atoms with van der Waals surface area (Å²) in [6, 6.07) is 4.23. The average molecular weight is 187 g/mol. The predicted octanol–water partition coefficient (Wildman–Crippen LogP) is 1.80. The molecule has 11 heavy (non-hydrogen) atoms. The summed E-state index contributed by atoms with van der Waals surface area (Å²) in [4.78, 5) is 1.41. The van der Waals surface area contributed by atoms with Crippen LogP contribution in [0.2, 0.25) is 0 Å². The highest BCUT2D eigenvalue weighted by Gasteiger charge is 2.05. The quantitative estimate of drug-likeness (QED) is 0.691. The lowest BCUT2D eigenvalue weighted by Crippen LogP contribution is -2.17. The molecule has 3 heteroatoms. The highest BCUT2D eigenvalue weighted by Crippen LogP contribution is 2.14. The van der Waals surface area contributed by atoms with Gasteiger partial charge in [0, 0.05) is 4.88 Å². The molecule has 1 rings (SSSR count). The maximum absolute atomic E-state index is 5.56. The molecule has 0 bridgehead atoms. The minimum absolute atomic E-state index is 0.539. The first kappa shape index (κ1) is 9.10. The van der Waals surface area contributed by atoms with Gasteiger partial charge in [0.1, 0.15) is 0 Å². The lowest BCUT2D eigenvalue weighted by molar-refractivity contribution is 0.610. The van der Waals surface area contributed by atoms with Crippen molar-refractivity contribution in [2.45, 2.75) is 6.42 Å². The predicted molar refractivity (Wildman–Crippen MR) is 54.4 cm³/mol. The first-order chi connectivity index (χ1) is 5.36. The summed E-state index contributed by atoms with van der Waals surface area (Å²) in [6.07, 6.45) is 1.08. The van der Waals surface area contributed by atoms with Crippen molar-refractivity contribution in [3.8, 4) is 0 Å². The van der Waals surface area contributed by atoms with E-state index in [4.69, 9.17) is 5.73 Å². The topological polar surface area (TPSA) is 26.0 Å². The molecule has 0 aliphatic carbocycles. The first-order valence-corrected chi connectivity index (χ1v) is 5.21. The molecule has 0 amide bonds. The molecule has 1 nitrogen and oxygen atoms in total. The van der Waals surface area contributed by atoms with E-state index in [0.29, 0.717) is 5.92 Å². The van der Waals surface area contributed by atoms with Crippen molar-refractivity contribution in [1.82, 2.24) is 0 Å². The third kappa shape index (κ3) is 2.85. The minimum atomic E-state index is 0.539. The summed E-state index contributed by atoms with van der Waals surface area (Å²) in [5.41, 5.74) is 5.56. The van der Waals surface area contributed by atoms with Gasteiger partial charge in [-0.2, -0.15) is 12.6 Å². The van der Waals surface area contributed by atoms with Gasteiger partial charge in [0.2, 0.25) is 0 Å². The van der Waals surface area contributed by atoms with Crippen LogP contribution in [0.1, 0.15) is 4.88 Å². The van der Waals surface area contributed by atoms with Gasteiger partial charge >= 0.3 is 0 Å². The molecule has 0 aliphatic rings. The van der Waals surface area contributed by atoms with Crippen molar-refractivity contribution in [3.05, 3.63) is 22.4 Å². The van der Waals surface area contributed by atoms with Crippen LogP contribution in [0.25, 0.3) is 0 Å². The summed E-state index contributed by atoms with van der Waals surface area (Å²) >= 11 is 6.02. The number of thiophene rings is 1. The van der Waals surface area contributed by atoms with Gasteiger partial charge in [0.25, 0.3) is 0 Å².